The number of nitrogens with zero attached hydrogens (tertiary/aromatic N) is 4. The number of nitrogens with one attached hydrogen (secondary N) is 2. The summed E-state index contributed by atoms with van der Waals surface area (Å²) >= 11 is 0.777. The third-order valence-electron chi connectivity index (χ3n) is 7.31. The van der Waals surface area contributed by atoms with Crippen molar-refractivity contribution < 1.29 is 27.9 Å². The molecule has 4 heterocycles. The summed E-state index contributed by atoms with van der Waals surface area (Å²) in [5.74, 6) is -1.00. The predicted octanol–water partition coefficient (Wildman–Crippen LogP) is 5.39. The molecule has 0 unspecified atom stereocenters. The summed E-state index contributed by atoms with van der Waals surface area (Å²) in [6.45, 7) is 4.43. The van der Waals surface area contributed by atoms with Crippen LogP contribution in [0.25, 0.3) is 32.6 Å². The number of benzene rings is 1. The fraction of sp³-hybridized carbons (Fsp3) is 0.345. The number of anilines is 1. The maximum Gasteiger partial charge on any atom is 0.434 e. The number of carbonyl (C=O) groups is 2. The van der Waals surface area contributed by atoms with Crippen LogP contribution in [0.2, 0.25) is 0 Å². The van der Waals surface area contributed by atoms with Crippen molar-refractivity contribution in [3.63, 3.8) is 0 Å². The van der Waals surface area contributed by atoms with Gasteiger partial charge in [0.25, 0.3) is 0 Å². The van der Waals surface area contributed by atoms with Gasteiger partial charge in [-0.05, 0) is 63.0 Å². The number of amides is 2. The standard InChI is InChI=1S/C29H29F3N6O4S/c1-3-33-28(42)36-24-10-18(26-35-23(15-43-26)29(30,31)32)20(11-34-24)17-6-7-22-19(9-17)25(39)21(27(40)41)14-38(22)13-16-5-4-8-37(2)12-16/h6-7,9-11,14-16H,3-5,8,12-13H2,1-2H3,(H,40,41)(H2,33,34,36,42)/t16-/m1/s1. The topological polar surface area (TPSA) is 129 Å². The van der Waals surface area contributed by atoms with E-state index >= 15 is 0 Å². The Bertz CT molecular complexity index is 1750. The Morgan fingerprint density at radius 1 is 1.21 bits per heavy atom. The zero-order valence-electron chi connectivity index (χ0n) is 23.4. The zero-order valence-corrected chi connectivity index (χ0v) is 24.2. The summed E-state index contributed by atoms with van der Waals surface area (Å²) in [7, 11) is 2.04. The monoisotopic (exact) mass is 614 g/mol. The number of likely N-dealkylation sites (tertiary alicyclic amines) is 1. The number of carboxylic acids is 1. The van der Waals surface area contributed by atoms with Crippen LogP contribution in [0, 0.1) is 5.92 Å². The Morgan fingerprint density at radius 2 is 2.00 bits per heavy atom. The van der Waals surface area contributed by atoms with Gasteiger partial charge < -0.3 is 19.9 Å². The second-order valence-electron chi connectivity index (χ2n) is 10.5. The van der Waals surface area contributed by atoms with E-state index in [1.165, 1.54) is 24.5 Å². The maximum atomic E-state index is 13.4. The smallest absolute Gasteiger partial charge is 0.434 e. The van der Waals surface area contributed by atoms with Crippen LogP contribution in [-0.2, 0) is 12.7 Å². The van der Waals surface area contributed by atoms with E-state index in [0.29, 0.717) is 29.7 Å². The van der Waals surface area contributed by atoms with E-state index in [0.717, 1.165) is 42.6 Å². The Hall–Kier alpha value is -4.30. The number of alkyl halides is 3. The molecule has 4 aromatic rings. The molecule has 10 nitrogen and oxygen atoms in total. The fourth-order valence-corrected chi connectivity index (χ4v) is 6.20. The van der Waals surface area contributed by atoms with E-state index in [1.54, 1.807) is 23.6 Å². The molecule has 1 fully saturated rings. The average molecular weight is 615 g/mol. The number of rotatable bonds is 7. The highest BCUT2D eigenvalue weighted by Crippen LogP contribution is 2.39. The molecule has 0 radical (unpaired) electrons. The maximum absolute atomic E-state index is 13.4. The van der Waals surface area contributed by atoms with Gasteiger partial charge in [0.2, 0.25) is 5.43 Å². The molecule has 3 N–H and O–H groups in total. The molecule has 43 heavy (non-hydrogen) atoms. The lowest BCUT2D eigenvalue weighted by molar-refractivity contribution is -0.140. The minimum atomic E-state index is -4.65. The van der Waals surface area contributed by atoms with Gasteiger partial charge in [-0.2, -0.15) is 13.2 Å². The number of urea groups is 1. The third-order valence-corrected chi connectivity index (χ3v) is 8.18. The lowest BCUT2D eigenvalue weighted by Crippen LogP contribution is -2.34. The van der Waals surface area contributed by atoms with Gasteiger partial charge in [0, 0.05) is 53.9 Å². The van der Waals surface area contributed by atoms with Crippen LogP contribution >= 0.6 is 11.3 Å². The molecule has 14 heteroatoms. The van der Waals surface area contributed by atoms with Gasteiger partial charge in [-0.3, -0.25) is 10.1 Å². The molecule has 0 saturated carbocycles. The van der Waals surface area contributed by atoms with Gasteiger partial charge in [-0.1, -0.05) is 6.07 Å². The summed E-state index contributed by atoms with van der Waals surface area (Å²) < 4.78 is 42.0. The summed E-state index contributed by atoms with van der Waals surface area (Å²) in [6.07, 6.45) is 0.0908. The molecule has 2 amide bonds. The molecular formula is C29H29F3N6O4S. The normalized spacial score (nSPS) is 15.9. The van der Waals surface area contributed by atoms with Crippen molar-refractivity contribution in [1.29, 1.82) is 0 Å². The first-order valence-corrected chi connectivity index (χ1v) is 14.5. The average Bonchev–Trinajstić information content (AvgIpc) is 3.46. The van der Waals surface area contributed by atoms with E-state index in [2.05, 4.69) is 25.5 Å². The molecule has 1 aromatic carbocycles. The van der Waals surface area contributed by atoms with Crippen molar-refractivity contribution in [2.45, 2.75) is 32.5 Å². The van der Waals surface area contributed by atoms with Crippen molar-refractivity contribution in [2.75, 3.05) is 32.0 Å². The molecular weight excluding hydrogens is 585 g/mol. The van der Waals surface area contributed by atoms with Gasteiger partial charge in [0.05, 0.1) is 5.52 Å². The van der Waals surface area contributed by atoms with Gasteiger partial charge in [0.15, 0.2) is 5.69 Å². The molecule has 1 aliphatic rings. The van der Waals surface area contributed by atoms with E-state index < -0.39 is 29.3 Å². The van der Waals surface area contributed by atoms with Crippen molar-refractivity contribution in [1.82, 2.24) is 24.8 Å². The lowest BCUT2D eigenvalue weighted by atomic mass is 9.97. The van der Waals surface area contributed by atoms with Gasteiger partial charge in [0.1, 0.15) is 16.4 Å². The van der Waals surface area contributed by atoms with Gasteiger partial charge >= 0.3 is 18.2 Å². The number of piperidine rings is 1. The quantitative estimate of drug-likeness (QED) is 0.255. The lowest BCUT2D eigenvalue weighted by Gasteiger charge is -2.30. The number of thiazole rings is 1. The van der Waals surface area contributed by atoms with Crippen LogP contribution in [0.5, 0.6) is 0 Å². The Balaban J connectivity index is 1.64. The predicted molar refractivity (Wildman–Crippen MR) is 157 cm³/mol. The van der Waals surface area contributed by atoms with Crippen LogP contribution in [0.3, 0.4) is 0 Å². The second-order valence-corrected chi connectivity index (χ2v) is 11.3. The van der Waals surface area contributed by atoms with Crippen LogP contribution in [0.15, 0.2) is 46.8 Å². The number of carboxylic acid groups (broad SMARTS) is 1. The first-order chi connectivity index (χ1) is 20.4. The Kier molecular flexibility index (Phi) is 8.51. The molecule has 1 aliphatic heterocycles. The van der Waals surface area contributed by atoms with E-state index in [4.69, 9.17) is 0 Å². The third kappa shape index (κ3) is 6.54. The van der Waals surface area contributed by atoms with Crippen molar-refractivity contribution in [3.8, 4) is 21.7 Å². The molecule has 0 aliphatic carbocycles. The highest BCUT2D eigenvalue weighted by atomic mass is 32.1. The second kappa shape index (κ2) is 12.1. The molecule has 0 spiro atoms. The number of hydrogen-bond donors (Lipinski definition) is 3. The van der Waals surface area contributed by atoms with E-state index in [1.807, 2.05) is 7.05 Å². The highest BCUT2D eigenvalue weighted by Gasteiger charge is 2.34. The number of hydrogen-bond acceptors (Lipinski definition) is 7. The number of fused-ring (bicyclic) bond motifs is 1. The molecule has 0 bridgehead atoms. The Morgan fingerprint density at radius 3 is 2.67 bits per heavy atom. The molecule has 1 saturated heterocycles. The van der Waals surface area contributed by atoms with Gasteiger partial charge in [-0.15, -0.1) is 11.3 Å². The first-order valence-electron chi connectivity index (χ1n) is 13.6. The van der Waals surface area contributed by atoms with Crippen molar-refractivity contribution >= 4 is 40.1 Å². The van der Waals surface area contributed by atoms with Crippen LogP contribution < -0.4 is 16.1 Å². The first kappa shape index (κ1) is 30.2. The number of halogens is 3. The summed E-state index contributed by atoms with van der Waals surface area (Å²) in [5, 5.41) is 16.0. The van der Waals surface area contributed by atoms with E-state index in [9.17, 15) is 32.7 Å². The van der Waals surface area contributed by atoms with Crippen molar-refractivity contribution in [3.05, 3.63) is 63.5 Å². The minimum absolute atomic E-state index is 0.0295. The summed E-state index contributed by atoms with van der Waals surface area (Å²) in [5.41, 5.74) is -0.526. The van der Waals surface area contributed by atoms with Crippen molar-refractivity contribution in [2.24, 2.45) is 5.92 Å². The number of aromatic nitrogens is 3. The Labute approximate surface area is 248 Å². The fourth-order valence-electron chi connectivity index (χ4n) is 5.35. The molecule has 3 aromatic heterocycles. The number of pyridine rings is 2. The zero-order chi connectivity index (χ0) is 30.9. The largest absolute Gasteiger partial charge is 0.477 e. The minimum Gasteiger partial charge on any atom is -0.477 e. The molecule has 226 valence electrons. The van der Waals surface area contributed by atoms with Crippen LogP contribution in [-0.4, -0.2) is 63.2 Å². The SMILES string of the molecule is CCNC(=O)Nc1cc(-c2nc(C(F)(F)F)cs2)c(-c2ccc3c(c2)c(=O)c(C(=O)O)cn3C[C@@H]2CCCN(C)C2)cn1. The molecule has 5 rings (SSSR count). The summed E-state index contributed by atoms with van der Waals surface area (Å²) in [6, 6.07) is 5.82. The van der Waals surface area contributed by atoms with Crippen LogP contribution in [0.1, 0.15) is 35.8 Å². The highest BCUT2D eigenvalue weighted by molar-refractivity contribution is 7.13. The number of carbonyl (C=O) groups excluding carboxylic acids is 1. The molecule has 1 atom stereocenters. The van der Waals surface area contributed by atoms with E-state index in [-0.39, 0.29) is 33.3 Å². The summed E-state index contributed by atoms with van der Waals surface area (Å²) in [4.78, 5) is 47.8. The van der Waals surface area contributed by atoms with Crippen LogP contribution in [0.4, 0.5) is 23.8 Å². The number of aromatic carboxylic acids is 1. The van der Waals surface area contributed by atoms with Gasteiger partial charge in [-0.25, -0.2) is 19.6 Å².